The summed E-state index contributed by atoms with van der Waals surface area (Å²) in [5.41, 5.74) is 0. The fourth-order valence-corrected chi connectivity index (χ4v) is 2.66. The van der Waals surface area contributed by atoms with E-state index in [1.54, 1.807) is 6.07 Å². The van der Waals surface area contributed by atoms with Crippen molar-refractivity contribution >= 4 is 39.1 Å². The van der Waals surface area contributed by atoms with E-state index in [1.165, 1.54) is 13.8 Å². The summed E-state index contributed by atoms with van der Waals surface area (Å²) in [7, 11) is 0. The maximum Gasteiger partial charge on any atom is 0.221 e. The number of amides is 1. The SMILES string of the molecule is CC(=O)Nc1sc(C#N)cc1SC(C)=O. The van der Waals surface area contributed by atoms with E-state index >= 15 is 0 Å². The number of hydrogen-bond acceptors (Lipinski definition) is 5. The zero-order valence-electron chi connectivity index (χ0n) is 8.16. The Morgan fingerprint density at radius 1 is 1.53 bits per heavy atom. The van der Waals surface area contributed by atoms with Crippen LogP contribution in [0.15, 0.2) is 11.0 Å². The highest BCUT2D eigenvalue weighted by molar-refractivity contribution is 8.13. The van der Waals surface area contributed by atoms with Crippen molar-refractivity contribution < 1.29 is 9.59 Å². The molecule has 0 aromatic carbocycles. The van der Waals surface area contributed by atoms with Gasteiger partial charge in [0.25, 0.3) is 0 Å². The average Bonchev–Trinajstić information content (AvgIpc) is 2.46. The predicted molar refractivity (Wildman–Crippen MR) is 59.9 cm³/mol. The molecule has 0 saturated carbocycles. The molecule has 0 bridgehead atoms. The molecular weight excluding hydrogens is 232 g/mol. The van der Waals surface area contributed by atoms with Gasteiger partial charge in [-0.2, -0.15) is 5.26 Å². The molecule has 0 aliphatic rings. The van der Waals surface area contributed by atoms with Crippen molar-refractivity contribution in [1.82, 2.24) is 0 Å². The lowest BCUT2D eigenvalue weighted by Gasteiger charge is -2.00. The summed E-state index contributed by atoms with van der Waals surface area (Å²) in [6.45, 7) is 2.82. The summed E-state index contributed by atoms with van der Waals surface area (Å²) in [4.78, 5) is 22.9. The van der Waals surface area contributed by atoms with Crippen LogP contribution in [0.2, 0.25) is 0 Å². The van der Waals surface area contributed by atoms with E-state index in [2.05, 4.69) is 5.32 Å². The van der Waals surface area contributed by atoms with E-state index < -0.39 is 0 Å². The van der Waals surface area contributed by atoms with Crippen LogP contribution in [0.25, 0.3) is 0 Å². The number of thioether (sulfide) groups is 1. The summed E-state index contributed by atoms with van der Waals surface area (Å²) in [6.07, 6.45) is 0. The second kappa shape index (κ2) is 4.96. The predicted octanol–water partition coefficient (Wildman–Crippen LogP) is 2.22. The van der Waals surface area contributed by atoms with Crippen LogP contribution in [0.4, 0.5) is 5.00 Å². The largest absolute Gasteiger partial charge is 0.317 e. The molecular formula is C9H8N2O2S2. The summed E-state index contributed by atoms with van der Waals surface area (Å²) in [5.74, 6) is -0.216. The van der Waals surface area contributed by atoms with Crippen LogP contribution in [0.3, 0.4) is 0 Å². The highest BCUT2D eigenvalue weighted by Gasteiger charge is 2.12. The van der Waals surface area contributed by atoms with E-state index in [0.29, 0.717) is 14.8 Å². The highest BCUT2D eigenvalue weighted by Crippen LogP contribution is 2.35. The van der Waals surface area contributed by atoms with Gasteiger partial charge < -0.3 is 5.32 Å². The molecule has 0 atom stereocenters. The minimum absolute atomic E-state index is 0.0797. The molecule has 0 unspecified atom stereocenters. The molecule has 1 aromatic heterocycles. The lowest BCUT2D eigenvalue weighted by atomic mass is 10.5. The summed E-state index contributed by atoms with van der Waals surface area (Å²) in [5, 5.41) is 11.8. The molecule has 0 radical (unpaired) electrons. The van der Waals surface area contributed by atoms with Gasteiger partial charge in [-0.3, -0.25) is 9.59 Å². The highest BCUT2D eigenvalue weighted by atomic mass is 32.2. The molecule has 1 N–H and O–H groups in total. The first kappa shape index (κ1) is 11.8. The van der Waals surface area contributed by atoms with Crippen LogP contribution in [-0.4, -0.2) is 11.0 Å². The summed E-state index contributed by atoms with van der Waals surface area (Å²) < 4.78 is 0. The quantitative estimate of drug-likeness (QED) is 0.805. The summed E-state index contributed by atoms with van der Waals surface area (Å²) >= 11 is 2.17. The second-order valence-corrected chi connectivity index (χ2v) is 4.96. The number of nitrogens with one attached hydrogen (secondary N) is 1. The van der Waals surface area contributed by atoms with Crippen LogP contribution in [0, 0.1) is 11.3 Å². The molecule has 1 aromatic rings. The molecule has 0 saturated heterocycles. The van der Waals surface area contributed by atoms with Crippen molar-refractivity contribution in [1.29, 1.82) is 5.26 Å². The summed E-state index contributed by atoms with van der Waals surface area (Å²) in [6, 6.07) is 3.58. The van der Waals surface area contributed by atoms with Gasteiger partial charge in [0, 0.05) is 13.8 Å². The van der Waals surface area contributed by atoms with Crippen molar-refractivity contribution in [3.63, 3.8) is 0 Å². The second-order valence-electron chi connectivity index (χ2n) is 2.69. The van der Waals surface area contributed by atoms with Crippen LogP contribution in [-0.2, 0) is 9.59 Å². The van der Waals surface area contributed by atoms with Crippen molar-refractivity contribution in [2.45, 2.75) is 18.7 Å². The van der Waals surface area contributed by atoms with Gasteiger partial charge >= 0.3 is 0 Å². The fraction of sp³-hybridized carbons (Fsp3) is 0.222. The minimum atomic E-state index is -0.216. The zero-order chi connectivity index (χ0) is 11.4. The first-order valence-electron chi connectivity index (χ1n) is 4.03. The van der Waals surface area contributed by atoms with E-state index in [-0.39, 0.29) is 11.0 Å². The number of carbonyl (C=O) groups is 2. The van der Waals surface area contributed by atoms with Gasteiger partial charge in [-0.05, 0) is 17.8 Å². The van der Waals surface area contributed by atoms with Crippen molar-refractivity contribution in [3.05, 3.63) is 10.9 Å². The van der Waals surface area contributed by atoms with Gasteiger partial charge in [-0.15, -0.1) is 11.3 Å². The monoisotopic (exact) mass is 240 g/mol. The Balaban J connectivity index is 3.01. The number of rotatable bonds is 2. The number of thiophene rings is 1. The third-order valence-electron chi connectivity index (χ3n) is 1.35. The standard InChI is InChI=1S/C9H8N2O2S2/c1-5(12)11-9-8(14-6(2)13)3-7(4-10)15-9/h3H,1-2H3,(H,11,12). The molecule has 4 nitrogen and oxygen atoms in total. The minimum Gasteiger partial charge on any atom is -0.317 e. The molecule has 15 heavy (non-hydrogen) atoms. The zero-order valence-corrected chi connectivity index (χ0v) is 9.79. The Bertz CT molecular complexity index is 412. The Labute approximate surface area is 95.3 Å². The third-order valence-corrected chi connectivity index (χ3v) is 3.27. The first-order valence-corrected chi connectivity index (χ1v) is 5.66. The Morgan fingerprint density at radius 3 is 2.67 bits per heavy atom. The Hall–Kier alpha value is -1.32. The lowest BCUT2D eigenvalue weighted by molar-refractivity contribution is -0.114. The first-order chi connectivity index (χ1) is 7.02. The van der Waals surface area contributed by atoms with E-state index in [0.717, 1.165) is 23.1 Å². The maximum absolute atomic E-state index is 10.9. The number of carbonyl (C=O) groups excluding carboxylic acids is 2. The average molecular weight is 240 g/mol. The molecule has 1 heterocycles. The number of nitriles is 1. The van der Waals surface area contributed by atoms with E-state index in [4.69, 9.17) is 5.26 Å². The molecule has 0 fully saturated rings. The smallest absolute Gasteiger partial charge is 0.221 e. The van der Waals surface area contributed by atoms with Crippen LogP contribution < -0.4 is 5.32 Å². The molecule has 0 aliphatic carbocycles. The van der Waals surface area contributed by atoms with Crippen molar-refractivity contribution in [3.8, 4) is 6.07 Å². The normalized spacial score (nSPS) is 9.40. The van der Waals surface area contributed by atoms with E-state index in [1.807, 2.05) is 6.07 Å². The lowest BCUT2D eigenvalue weighted by Crippen LogP contribution is -2.04. The number of hydrogen-bond donors (Lipinski definition) is 1. The molecule has 0 spiro atoms. The number of anilines is 1. The molecule has 0 aliphatic heterocycles. The van der Waals surface area contributed by atoms with Crippen LogP contribution >= 0.6 is 23.1 Å². The van der Waals surface area contributed by atoms with Gasteiger partial charge in [0.15, 0.2) is 5.12 Å². The van der Waals surface area contributed by atoms with Gasteiger partial charge in [0.2, 0.25) is 5.91 Å². The van der Waals surface area contributed by atoms with Gasteiger partial charge in [0.1, 0.15) is 15.9 Å². The fourth-order valence-electron chi connectivity index (χ4n) is 0.907. The van der Waals surface area contributed by atoms with Crippen LogP contribution in [0.1, 0.15) is 18.7 Å². The maximum atomic E-state index is 10.9. The van der Waals surface area contributed by atoms with Crippen molar-refractivity contribution in [2.24, 2.45) is 0 Å². The van der Waals surface area contributed by atoms with Gasteiger partial charge in [0.05, 0.1) is 4.90 Å². The molecule has 1 rings (SSSR count). The van der Waals surface area contributed by atoms with Crippen LogP contribution in [0.5, 0.6) is 0 Å². The molecule has 78 valence electrons. The molecule has 1 amide bonds. The molecule has 6 heteroatoms. The number of nitrogens with zero attached hydrogens (tertiary/aromatic N) is 1. The van der Waals surface area contributed by atoms with Gasteiger partial charge in [-0.25, -0.2) is 0 Å². The topological polar surface area (TPSA) is 70.0 Å². The van der Waals surface area contributed by atoms with Gasteiger partial charge in [-0.1, -0.05) is 0 Å². The third kappa shape index (κ3) is 3.38. The Morgan fingerprint density at radius 2 is 2.20 bits per heavy atom. The van der Waals surface area contributed by atoms with Crippen molar-refractivity contribution in [2.75, 3.05) is 5.32 Å². The Kier molecular flexibility index (Phi) is 3.88. The van der Waals surface area contributed by atoms with E-state index in [9.17, 15) is 9.59 Å².